The van der Waals surface area contributed by atoms with Gasteiger partial charge in [0.05, 0.1) is 30.6 Å². The summed E-state index contributed by atoms with van der Waals surface area (Å²) in [5.41, 5.74) is 4.58. The summed E-state index contributed by atoms with van der Waals surface area (Å²) in [6.07, 6.45) is 3.43. The molecule has 9 heteroatoms. The van der Waals surface area contributed by atoms with Crippen LogP contribution in [0.5, 0.6) is 0 Å². The number of carbonyl (C=O) groups excluding carboxylic acids is 1. The van der Waals surface area contributed by atoms with E-state index in [0.29, 0.717) is 57.2 Å². The van der Waals surface area contributed by atoms with Crippen molar-refractivity contribution in [2.45, 2.75) is 64.0 Å². The van der Waals surface area contributed by atoms with Crippen molar-refractivity contribution in [3.8, 4) is 0 Å². The summed E-state index contributed by atoms with van der Waals surface area (Å²) in [5, 5.41) is 9.46. The van der Waals surface area contributed by atoms with Gasteiger partial charge in [-0.25, -0.2) is 18.6 Å². The molecule has 1 aliphatic carbocycles. The molecule has 1 aromatic heterocycles. The van der Waals surface area contributed by atoms with Crippen molar-refractivity contribution in [3.05, 3.63) is 64.5 Å². The van der Waals surface area contributed by atoms with E-state index in [1.165, 1.54) is 13.2 Å². The highest BCUT2D eigenvalue weighted by molar-refractivity contribution is 5.82. The lowest BCUT2D eigenvalue weighted by Crippen LogP contribution is -2.35. The largest absolute Gasteiger partial charge is 0.481 e. The summed E-state index contributed by atoms with van der Waals surface area (Å²) >= 11 is 0. The first-order valence-corrected chi connectivity index (χ1v) is 12.8. The van der Waals surface area contributed by atoms with Crippen molar-refractivity contribution >= 4 is 23.1 Å². The number of carboxylic acids is 1. The second kappa shape index (κ2) is 10.1. The molecule has 2 aromatic carbocycles. The number of halogens is 2. The number of imidazole rings is 1. The van der Waals surface area contributed by atoms with Gasteiger partial charge >= 0.3 is 12.1 Å². The number of rotatable bonds is 5. The fraction of sp³-hybridized carbons (Fsp3) is 0.464. The van der Waals surface area contributed by atoms with Gasteiger partial charge in [-0.2, -0.15) is 0 Å². The lowest BCUT2D eigenvalue weighted by molar-refractivity contribution is -0.142. The van der Waals surface area contributed by atoms with Gasteiger partial charge < -0.3 is 19.3 Å². The summed E-state index contributed by atoms with van der Waals surface area (Å²) in [6, 6.07) is 8.01. The molecule has 1 aliphatic heterocycles. The number of hydrogen-bond acceptors (Lipinski definition) is 4. The van der Waals surface area contributed by atoms with Gasteiger partial charge in [-0.3, -0.25) is 4.79 Å². The minimum atomic E-state index is -0.873. The number of hydrogen-bond donors (Lipinski definition) is 1. The van der Waals surface area contributed by atoms with Crippen LogP contribution in [0, 0.1) is 17.6 Å². The summed E-state index contributed by atoms with van der Waals surface area (Å²) in [5.74, 6) is -1.86. The highest BCUT2D eigenvalue weighted by Crippen LogP contribution is 2.40. The molecule has 0 radical (unpaired) electrons. The third kappa shape index (κ3) is 4.79. The van der Waals surface area contributed by atoms with E-state index in [1.54, 1.807) is 11.0 Å². The Morgan fingerprint density at radius 2 is 1.89 bits per heavy atom. The number of nitrogens with zero attached hydrogens (tertiary/aromatic N) is 3. The number of aromatic nitrogens is 2. The minimum absolute atomic E-state index is 0.0892. The van der Waals surface area contributed by atoms with Crippen LogP contribution in [0.1, 0.15) is 67.1 Å². The van der Waals surface area contributed by atoms with Crippen LogP contribution >= 0.6 is 0 Å². The molecule has 1 N–H and O–H groups in total. The smallest absolute Gasteiger partial charge is 0.409 e. The Morgan fingerprint density at radius 3 is 2.57 bits per heavy atom. The predicted octanol–water partition coefficient (Wildman–Crippen LogP) is 5.60. The number of benzene rings is 2. The van der Waals surface area contributed by atoms with E-state index in [9.17, 15) is 23.5 Å². The van der Waals surface area contributed by atoms with Crippen molar-refractivity contribution in [3.63, 3.8) is 0 Å². The summed E-state index contributed by atoms with van der Waals surface area (Å²) in [6.45, 7) is 3.01. The van der Waals surface area contributed by atoms with E-state index in [1.807, 2.05) is 6.92 Å². The molecule has 0 saturated heterocycles. The van der Waals surface area contributed by atoms with E-state index in [2.05, 4.69) is 16.7 Å². The average Bonchev–Trinajstić information content (AvgIpc) is 3.30. The number of fused-ring (bicyclic) bond motifs is 3. The molecular formula is C28H31F2N3O4. The van der Waals surface area contributed by atoms with Crippen LogP contribution in [0.4, 0.5) is 13.6 Å². The quantitative estimate of drug-likeness (QED) is 0.482. The molecule has 1 atom stereocenters. The van der Waals surface area contributed by atoms with Gasteiger partial charge in [-0.05, 0) is 74.8 Å². The maximum Gasteiger partial charge on any atom is 0.409 e. The molecule has 1 fully saturated rings. The Labute approximate surface area is 214 Å². The van der Waals surface area contributed by atoms with Gasteiger partial charge in [-0.15, -0.1) is 0 Å². The van der Waals surface area contributed by atoms with Crippen LogP contribution in [0.3, 0.4) is 0 Å². The van der Waals surface area contributed by atoms with Crippen LogP contribution in [0.15, 0.2) is 30.3 Å². The van der Waals surface area contributed by atoms with Gasteiger partial charge in [0.2, 0.25) is 0 Å². The van der Waals surface area contributed by atoms with Gasteiger partial charge in [0.1, 0.15) is 5.82 Å². The highest BCUT2D eigenvalue weighted by atomic mass is 19.2. The van der Waals surface area contributed by atoms with Crippen LogP contribution in [-0.2, 0) is 28.9 Å². The van der Waals surface area contributed by atoms with Gasteiger partial charge in [0.15, 0.2) is 11.6 Å². The molecule has 3 aromatic rings. The number of ether oxygens (including phenoxy) is 1. The topological polar surface area (TPSA) is 84.7 Å². The van der Waals surface area contributed by atoms with Crippen molar-refractivity contribution in [1.82, 2.24) is 14.5 Å². The summed E-state index contributed by atoms with van der Waals surface area (Å²) in [7, 11) is 1.37. The van der Waals surface area contributed by atoms with Crippen LogP contribution < -0.4 is 0 Å². The van der Waals surface area contributed by atoms with Gasteiger partial charge in [0, 0.05) is 24.1 Å². The Morgan fingerprint density at radius 1 is 1.14 bits per heavy atom. The normalized spacial score (nSPS) is 20.5. The first-order chi connectivity index (χ1) is 17.8. The van der Waals surface area contributed by atoms with Crippen molar-refractivity contribution in [1.29, 1.82) is 0 Å². The molecule has 1 amide bonds. The number of aliphatic carboxylic acids is 1. The number of carboxylic acid groups (broad SMARTS) is 1. The Balaban J connectivity index is 1.56. The third-order valence-electron chi connectivity index (χ3n) is 7.92. The number of methoxy groups -OCH3 is 1. The third-order valence-corrected chi connectivity index (χ3v) is 7.92. The second-order valence-electron chi connectivity index (χ2n) is 10.2. The SMILES string of the molecule is COC(=O)N1CCc2ccc3c(nc([C@H]4CC[C@H](C(=O)O)CC4)n3[C@H](C)Cc3ccc(F)c(F)c3)c2C1. The molecule has 0 spiro atoms. The van der Waals surface area contributed by atoms with Gasteiger partial charge in [0.25, 0.3) is 0 Å². The predicted molar refractivity (Wildman–Crippen MR) is 133 cm³/mol. The maximum atomic E-state index is 13.9. The van der Waals surface area contributed by atoms with E-state index in [0.717, 1.165) is 34.1 Å². The van der Waals surface area contributed by atoms with Gasteiger partial charge in [-0.1, -0.05) is 12.1 Å². The molecular weight excluding hydrogens is 480 g/mol. The Kier molecular flexibility index (Phi) is 6.88. The molecule has 5 rings (SSSR count). The molecule has 2 heterocycles. The number of carbonyl (C=O) groups is 2. The zero-order chi connectivity index (χ0) is 26.3. The molecule has 37 heavy (non-hydrogen) atoms. The Hall–Kier alpha value is -3.49. The first kappa shape index (κ1) is 25.2. The molecule has 1 saturated carbocycles. The van der Waals surface area contributed by atoms with Crippen LogP contribution in [-0.4, -0.2) is 45.3 Å². The second-order valence-corrected chi connectivity index (χ2v) is 10.2. The standard InChI is InChI=1S/C28H31F2N3O4/c1-16(13-17-3-9-22(29)23(30)14-17)33-24-10-8-18-11-12-32(28(36)37-2)15-21(18)25(24)31-26(33)19-4-6-20(7-5-19)27(34)35/h3,8-10,14,16,19-20H,4-7,11-13,15H2,1-2H3,(H,34,35)/t16-,19-,20-/m1/s1. The molecule has 0 unspecified atom stereocenters. The lowest BCUT2D eigenvalue weighted by atomic mass is 9.81. The maximum absolute atomic E-state index is 13.9. The monoisotopic (exact) mass is 511 g/mol. The molecule has 196 valence electrons. The number of amides is 1. The minimum Gasteiger partial charge on any atom is -0.481 e. The van der Waals surface area contributed by atoms with Crippen LogP contribution in [0.25, 0.3) is 11.0 Å². The molecule has 2 aliphatic rings. The molecule has 0 bridgehead atoms. The Bertz CT molecular complexity index is 1350. The van der Waals surface area contributed by atoms with Crippen molar-refractivity contribution in [2.24, 2.45) is 5.92 Å². The summed E-state index contributed by atoms with van der Waals surface area (Å²) < 4.78 is 34.6. The average molecular weight is 512 g/mol. The fourth-order valence-electron chi connectivity index (χ4n) is 5.95. The zero-order valence-corrected chi connectivity index (χ0v) is 21.0. The van der Waals surface area contributed by atoms with E-state index in [4.69, 9.17) is 9.72 Å². The van der Waals surface area contributed by atoms with E-state index < -0.39 is 17.6 Å². The molecule has 7 nitrogen and oxygen atoms in total. The first-order valence-electron chi connectivity index (χ1n) is 12.8. The van der Waals surface area contributed by atoms with Crippen molar-refractivity contribution in [2.75, 3.05) is 13.7 Å². The van der Waals surface area contributed by atoms with Crippen LogP contribution in [0.2, 0.25) is 0 Å². The zero-order valence-electron chi connectivity index (χ0n) is 21.0. The highest BCUT2D eigenvalue weighted by Gasteiger charge is 2.32. The lowest BCUT2D eigenvalue weighted by Gasteiger charge is -2.28. The van der Waals surface area contributed by atoms with E-state index >= 15 is 0 Å². The van der Waals surface area contributed by atoms with Crippen molar-refractivity contribution < 1.29 is 28.2 Å². The summed E-state index contributed by atoms with van der Waals surface area (Å²) in [4.78, 5) is 30.6. The van der Waals surface area contributed by atoms with E-state index in [-0.39, 0.29) is 24.0 Å². The fourth-order valence-corrected chi connectivity index (χ4v) is 5.95.